The lowest BCUT2D eigenvalue weighted by molar-refractivity contribution is -0.386. The number of carboxylic acids is 1. The van der Waals surface area contributed by atoms with Gasteiger partial charge < -0.3 is 9.84 Å². The van der Waals surface area contributed by atoms with Crippen molar-refractivity contribution in [1.29, 1.82) is 5.26 Å². The second kappa shape index (κ2) is 4.44. The van der Waals surface area contributed by atoms with Gasteiger partial charge in [0.1, 0.15) is 17.3 Å². The molecule has 0 saturated carbocycles. The number of ether oxygens (including phenoxy) is 1. The van der Waals surface area contributed by atoms with Gasteiger partial charge in [-0.2, -0.15) is 5.26 Å². The number of nitriles is 1. The molecule has 0 atom stereocenters. The minimum absolute atomic E-state index is 0.122. The Bertz CT molecular complexity index is 547. The van der Waals surface area contributed by atoms with Gasteiger partial charge >= 0.3 is 11.7 Å². The molecule has 1 aromatic heterocycles. The van der Waals surface area contributed by atoms with E-state index in [9.17, 15) is 14.9 Å². The normalized spacial score (nSPS) is 9.47. The van der Waals surface area contributed by atoms with Crippen molar-refractivity contribution in [3.05, 3.63) is 26.9 Å². The van der Waals surface area contributed by atoms with Gasteiger partial charge in [-0.3, -0.25) is 10.1 Å². The molecule has 8 heteroatoms. The molecule has 0 radical (unpaired) electrons. The summed E-state index contributed by atoms with van der Waals surface area (Å²) in [5.74, 6) is -1.81. The maximum atomic E-state index is 11.0. The van der Waals surface area contributed by atoms with Gasteiger partial charge in [0.25, 0.3) is 0 Å². The molecule has 0 saturated heterocycles. The summed E-state index contributed by atoms with van der Waals surface area (Å²) < 4.78 is 4.72. The second-order valence-electron chi connectivity index (χ2n) is 2.98. The second-order valence-corrected chi connectivity index (χ2v) is 2.98. The molecule has 17 heavy (non-hydrogen) atoms. The number of carbonyl (C=O) groups is 1. The Kier molecular flexibility index (Phi) is 3.23. The summed E-state index contributed by atoms with van der Waals surface area (Å²) in [5, 5.41) is 28.5. The lowest BCUT2D eigenvalue weighted by Gasteiger charge is -2.07. The van der Waals surface area contributed by atoms with E-state index < -0.39 is 27.7 Å². The Labute approximate surface area is 95.2 Å². The minimum Gasteiger partial charge on any atom is -0.480 e. The highest BCUT2D eigenvalue weighted by Gasteiger charge is 2.31. The van der Waals surface area contributed by atoms with Crippen LogP contribution in [0.3, 0.4) is 0 Å². The number of aromatic nitrogens is 1. The zero-order valence-electron chi connectivity index (χ0n) is 8.92. The standard InChI is InChI=1S/C9H7N3O5/c1-4-7(12(15)16)6(9(13)14)5(3-10)8(11-4)17-2/h1-2H3,(H,13,14). The molecular formula is C9H7N3O5. The summed E-state index contributed by atoms with van der Waals surface area (Å²) >= 11 is 0. The molecule has 0 aromatic carbocycles. The number of hydrogen-bond donors (Lipinski definition) is 1. The van der Waals surface area contributed by atoms with Crippen LogP contribution < -0.4 is 4.74 Å². The van der Waals surface area contributed by atoms with E-state index in [1.165, 1.54) is 14.0 Å². The van der Waals surface area contributed by atoms with Gasteiger partial charge in [-0.05, 0) is 6.92 Å². The third-order valence-corrected chi connectivity index (χ3v) is 2.01. The zero-order chi connectivity index (χ0) is 13.2. The van der Waals surface area contributed by atoms with E-state index in [-0.39, 0.29) is 11.6 Å². The Hall–Kier alpha value is -2.69. The van der Waals surface area contributed by atoms with Crippen molar-refractivity contribution >= 4 is 11.7 Å². The fourth-order valence-corrected chi connectivity index (χ4v) is 1.35. The first kappa shape index (κ1) is 12.4. The number of nitrogens with zero attached hydrogens (tertiary/aromatic N) is 3. The van der Waals surface area contributed by atoms with Crippen LogP contribution in [0.2, 0.25) is 0 Å². The number of aromatic carboxylic acids is 1. The van der Waals surface area contributed by atoms with Gasteiger partial charge in [-0.1, -0.05) is 0 Å². The summed E-state index contributed by atoms with van der Waals surface area (Å²) in [6.45, 7) is 1.27. The molecule has 1 N–H and O–H groups in total. The van der Waals surface area contributed by atoms with E-state index in [1.54, 1.807) is 6.07 Å². The fourth-order valence-electron chi connectivity index (χ4n) is 1.35. The van der Waals surface area contributed by atoms with Crippen LogP contribution in [0.1, 0.15) is 21.6 Å². The predicted molar refractivity (Wildman–Crippen MR) is 53.9 cm³/mol. The molecule has 0 fully saturated rings. The summed E-state index contributed by atoms with van der Waals surface area (Å²) in [4.78, 5) is 24.5. The van der Waals surface area contributed by atoms with E-state index in [0.29, 0.717) is 0 Å². The smallest absolute Gasteiger partial charge is 0.344 e. The van der Waals surface area contributed by atoms with Crippen LogP contribution in [-0.4, -0.2) is 28.1 Å². The van der Waals surface area contributed by atoms with E-state index in [0.717, 1.165) is 0 Å². The van der Waals surface area contributed by atoms with E-state index in [2.05, 4.69) is 4.98 Å². The number of pyridine rings is 1. The van der Waals surface area contributed by atoms with Crippen LogP contribution in [0.5, 0.6) is 5.88 Å². The minimum atomic E-state index is -1.57. The van der Waals surface area contributed by atoms with E-state index in [1.807, 2.05) is 0 Å². The number of rotatable bonds is 3. The third-order valence-electron chi connectivity index (χ3n) is 2.01. The first-order valence-corrected chi connectivity index (χ1v) is 4.30. The molecule has 8 nitrogen and oxygen atoms in total. The highest BCUT2D eigenvalue weighted by atomic mass is 16.6. The Morgan fingerprint density at radius 1 is 1.65 bits per heavy atom. The molecular weight excluding hydrogens is 230 g/mol. The maximum Gasteiger partial charge on any atom is 0.344 e. The average Bonchev–Trinajstić information content (AvgIpc) is 2.26. The van der Waals surface area contributed by atoms with Crippen molar-refractivity contribution < 1.29 is 19.6 Å². The first-order valence-electron chi connectivity index (χ1n) is 4.30. The van der Waals surface area contributed by atoms with Crippen molar-refractivity contribution in [1.82, 2.24) is 4.98 Å². The van der Waals surface area contributed by atoms with Crippen LogP contribution >= 0.6 is 0 Å². The maximum absolute atomic E-state index is 11.0. The summed E-state index contributed by atoms with van der Waals surface area (Å²) in [6.07, 6.45) is 0. The first-order chi connectivity index (χ1) is 7.93. The van der Waals surface area contributed by atoms with Crippen LogP contribution in [0.4, 0.5) is 5.69 Å². The molecule has 88 valence electrons. The number of aryl methyl sites for hydroxylation is 1. The lowest BCUT2D eigenvalue weighted by Crippen LogP contribution is -2.10. The highest BCUT2D eigenvalue weighted by molar-refractivity contribution is 5.96. The van der Waals surface area contributed by atoms with Gasteiger partial charge in [-0.15, -0.1) is 0 Å². The Morgan fingerprint density at radius 2 is 2.24 bits per heavy atom. The number of carboxylic acid groups (broad SMARTS) is 1. The summed E-state index contributed by atoms with van der Waals surface area (Å²) in [7, 11) is 1.19. The molecule has 0 aliphatic rings. The molecule has 1 aromatic rings. The molecule has 0 spiro atoms. The van der Waals surface area contributed by atoms with Gasteiger partial charge in [0.15, 0.2) is 5.56 Å². The molecule has 0 bridgehead atoms. The van der Waals surface area contributed by atoms with Gasteiger partial charge in [0.05, 0.1) is 12.0 Å². The fraction of sp³-hybridized carbons (Fsp3) is 0.222. The Morgan fingerprint density at radius 3 is 2.59 bits per heavy atom. The van der Waals surface area contributed by atoms with Gasteiger partial charge in [0, 0.05) is 0 Å². The average molecular weight is 237 g/mol. The van der Waals surface area contributed by atoms with Crippen molar-refractivity contribution in [2.75, 3.05) is 7.11 Å². The molecule has 0 aliphatic carbocycles. The van der Waals surface area contributed by atoms with E-state index in [4.69, 9.17) is 15.1 Å². The van der Waals surface area contributed by atoms with Crippen LogP contribution in [0, 0.1) is 28.4 Å². The summed E-state index contributed by atoms with van der Waals surface area (Å²) in [5.41, 5.74) is -1.99. The number of methoxy groups -OCH3 is 1. The van der Waals surface area contributed by atoms with Crippen LogP contribution in [-0.2, 0) is 0 Å². The molecule has 0 aliphatic heterocycles. The summed E-state index contributed by atoms with van der Waals surface area (Å²) in [6, 6.07) is 1.55. The van der Waals surface area contributed by atoms with Crippen LogP contribution in [0.25, 0.3) is 0 Å². The highest BCUT2D eigenvalue weighted by Crippen LogP contribution is 2.30. The number of hydrogen-bond acceptors (Lipinski definition) is 6. The quantitative estimate of drug-likeness (QED) is 0.610. The zero-order valence-corrected chi connectivity index (χ0v) is 8.92. The predicted octanol–water partition coefficient (Wildman–Crippen LogP) is 0.877. The van der Waals surface area contributed by atoms with Gasteiger partial charge in [0.2, 0.25) is 5.88 Å². The SMILES string of the molecule is COc1nc(C)c([N+](=O)[O-])c(C(=O)O)c1C#N. The lowest BCUT2D eigenvalue weighted by atomic mass is 10.1. The molecule has 0 amide bonds. The van der Waals surface area contributed by atoms with Crippen LogP contribution in [0.15, 0.2) is 0 Å². The topological polar surface area (TPSA) is 126 Å². The largest absolute Gasteiger partial charge is 0.480 e. The van der Waals surface area contributed by atoms with Crippen molar-refractivity contribution in [2.24, 2.45) is 0 Å². The van der Waals surface area contributed by atoms with Crippen molar-refractivity contribution in [3.8, 4) is 11.9 Å². The van der Waals surface area contributed by atoms with Gasteiger partial charge in [-0.25, -0.2) is 9.78 Å². The number of nitro groups is 1. The Balaban J connectivity index is 3.81. The molecule has 1 heterocycles. The van der Waals surface area contributed by atoms with E-state index >= 15 is 0 Å². The molecule has 0 unspecified atom stereocenters. The van der Waals surface area contributed by atoms with Crippen molar-refractivity contribution in [3.63, 3.8) is 0 Å². The molecule has 1 rings (SSSR count). The third kappa shape index (κ3) is 1.98. The monoisotopic (exact) mass is 237 g/mol. The van der Waals surface area contributed by atoms with Crippen molar-refractivity contribution in [2.45, 2.75) is 6.92 Å².